The van der Waals surface area contributed by atoms with Crippen LogP contribution in [0.5, 0.6) is 17.2 Å². The third-order valence-electron chi connectivity index (χ3n) is 4.46. The molecule has 3 aromatic rings. The second kappa shape index (κ2) is 10.1. The van der Waals surface area contributed by atoms with E-state index in [1.165, 1.54) is 38.5 Å². The molecule has 3 aromatic carbocycles. The van der Waals surface area contributed by atoms with Gasteiger partial charge in [-0.15, -0.1) is 0 Å². The molecule has 0 bridgehead atoms. The Morgan fingerprint density at radius 2 is 1.62 bits per heavy atom. The molecule has 0 saturated heterocycles. The molecule has 32 heavy (non-hydrogen) atoms. The molecule has 0 aliphatic rings. The van der Waals surface area contributed by atoms with Crippen LogP contribution >= 0.6 is 0 Å². The van der Waals surface area contributed by atoms with Crippen molar-refractivity contribution in [2.24, 2.45) is 0 Å². The highest BCUT2D eigenvalue weighted by atomic mass is 32.2. The zero-order chi connectivity index (χ0) is 23.1. The highest BCUT2D eigenvalue weighted by Gasteiger charge is 2.15. The fourth-order valence-corrected chi connectivity index (χ4v) is 3.92. The number of sulfonamides is 1. The summed E-state index contributed by atoms with van der Waals surface area (Å²) >= 11 is 0. The van der Waals surface area contributed by atoms with Crippen LogP contribution in [-0.2, 0) is 14.8 Å². The van der Waals surface area contributed by atoms with E-state index in [4.69, 9.17) is 14.2 Å². The molecule has 0 atom stereocenters. The summed E-state index contributed by atoms with van der Waals surface area (Å²) in [5.74, 6) is 1.01. The Morgan fingerprint density at radius 1 is 0.906 bits per heavy atom. The number of methoxy groups -OCH3 is 2. The van der Waals surface area contributed by atoms with Crippen LogP contribution in [0.2, 0.25) is 0 Å². The van der Waals surface area contributed by atoms with Crippen molar-refractivity contribution in [2.45, 2.75) is 11.8 Å². The number of aryl methyl sites for hydroxylation is 1. The van der Waals surface area contributed by atoms with Crippen LogP contribution in [0, 0.1) is 6.92 Å². The van der Waals surface area contributed by atoms with Crippen molar-refractivity contribution in [3.63, 3.8) is 0 Å². The quantitative estimate of drug-likeness (QED) is 0.507. The van der Waals surface area contributed by atoms with Gasteiger partial charge in [0, 0.05) is 11.8 Å². The lowest BCUT2D eigenvalue weighted by atomic mass is 10.2. The van der Waals surface area contributed by atoms with E-state index >= 15 is 0 Å². The molecule has 0 heterocycles. The number of amides is 1. The first-order valence-corrected chi connectivity index (χ1v) is 11.1. The first-order chi connectivity index (χ1) is 15.3. The van der Waals surface area contributed by atoms with Crippen LogP contribution in [0.25, 0.3) is 0 Å². The molecule has 0 radical (unpaired) electrons. The Morgan fingerprint density at radius 3 is 2.28 bits per heavy atom. The van der Waals surface area contributed by atoms with Gasteiger partial charge in [0.2, 0.25) is 0 Å². The van der Waals surface area contributed by atoms with Gasteiger partial charge in [-0.1, -0.05) is 12.1 Å². The smallest absolute Gasteiger partial charge is 0.262 e. The summed E-state index contributed by atoms with van der Waals surface area (Å²) in [7, 11) is -0.713. The summed E-state index contributed by atoms with van der Waals surface area (Å²) in [5, 5.41) is 2.70. The number of carbonyl (C=O) groups excluding carboxylic acids is 1. The maximum absolute atomic E-state index is 12.6. The van der Waals surface area contributed by atoms with Crippen LogP contribution in [0.1, 0.15) is 5.56 Å². The number of ether oxygens (including phenoxy) is 3. The minimum Gasteiger partial charge on any atom is -0.497 e. The van der Waals surface area contributed by atoms with Crippen LogP contribution in [0.15, 0.2) is 71.6 Å². The second-order valence-corrected chi connectivity index (χ2v) is 8.53. The molecule has 1 amide bonds. The number of carbonyl (C=O) groups is 1. The third kappa shape index (κ3) is 5.92. The van der Waals surface area contributed by atoms with E-state index in [2.05, 4.69) is 10.0 Å². The number of nitrogens with one attached hydrogen (secondary N) is 2. The van der Waals surface area contributed by atoms with E-state index in [1.54, 1.807) is 36.4 Å². The van der Waals surface area contributed by atoms with Gasteiger partial charge in [0.05, 0.1) is 24.8 Å². The molecule has 0 spiro atoms. The fraction of sp³-hybridized carbons (Fsp3) is 0.174. The van der Waals surface area contributed by atoms with Gasteiger partial charge < -0.3 is 19.5 Å². The van der Waals surface area contributed by atoms with Gasteiger partial charge in [0.1, 0.15) is 17.2 Å². The van der Waals surface area contributed by atoms with Gasteiger partial charge in [-0.05, 0) is 61.0 Å². The zero-order valence-corrected chi connectivity index (χ0v) is 18.7. The van der Waals surface area contributed by atoms with Crippen molar-refractivity contribution in [3.8, 4) is 17.2 Å². The predicted molar refractivity (Wildman–Crippen MR) is 122 cm³/mol. The Balaban J connectivity index is 1.59. The third-order valence-corrected chi connectivity index (χ3v) is 5.85. The molecule has 8 nitrogen and oxygen atoms in total. The Bertz CT molecular complexity index is 1190. The van der Waals surface area contributed by atoms with E-state index in [0.29, 0.717) is 28.6 Å². The molecule has 0 fully saturated rings. The van der Waals surface area contributed by atoms with Crippen molar-refractivity contribution in [1.29, 1.82) is 0 Å². The lowest BCUT2D eigenvalue weighted by molar-refractivity contribution is -0.118. The van der Waals surface area contributed by atoms with E-state index < -0.39 is 15.9 Å². The molecule has 0 aliphatic carbocycles. The highest BCUT2D eigenvalue weighted by Crippen LogP contribution is 2.29. The molecule has 168 valence electrons. The van der Waals surface area contributed by atoms with Crippen LogP contribution in [0.4, 0.5) is 11.4 Å². The largest absolute Gasteiger partial charge is 0.497 e. The lowest BCUT2D eigenvalue weighted by Crippen LogP contribution is -2.20. The van der Waals surface area contributed by atoms with E-state index in [0.717, 1.165) is 5.56 Å². The Labute approximate surface area is 187 Å². The van der Waals surface area contributed by atoms with Crippen molar-refractivity contribution in [1.82, 2.24) is 0 Å². The van der Waals surface area contributed by atoms with Gasteiger partial charge in [0.25, 0.3) is 15.9 Å². The Hall–Kier alpha value is -3.72. The zero-order valence-electron chi connectivity index (χ0n) is 17.9. The monoisotopic (exact) mass is 456 g/mol. The standard InChI is InChI=1S/C23H24N2O6S/c1-16-5-4-6-17(13-16)25-32(27,28)20-10-7-18(8-11-20)31-15-23(26)24-21-12-9-19(29-2)14-22(21)30-3/h4-14,25H,15H2,1-3H3,(H,24,26). The van der Waals surface area contributed by atoms with E-state index in [9.17, 15) is 13.2 Å². The molecule has 0 saturated carbocycles. The molecule has 0 aliphatic heterocycles. The van der Waals surface area contributed by atoms with Gasteiger partial charge in [0.15, 0.2) is 6.61 Å². The topological polar surface area (TPSA) is 103 Å². The summed E-state index contributed by atoms with van der Waals surface area (Å²) < 4.78 is 43.5. The van der Waals surface area contributed by atoms with Crippen LogP contribution in [-0.4, -0.2) is 35.2 Å². The summed E-state index contributed by atoms with van der Waals surface area (Å²) in [6.07, 6.45) is 0. The maximum Gasteiger partial charge on any atom is 0.262 e. The second-order valence-electron chi connectivity index (χ2n) is 6.85. The highest BCUT2D eigenvalue weighted by molar-refractivity contribution is 7.92. The Kier molecular flexibility index (Phi) is 7.21. The average Bonchev–Trinajstić information content (AvgIpc) is 2.78. The number of benzene rings is 3. The summed E-state index contributed by atoms with van der Waals surface area (Å²) in [4.78, 5) is 12.3. The normalized spacial score (nSPS) is 10.8. The average molecular weight is 457 g/mol. The SMILES string of the molecule is COc1ccc(NC(=O)COc2ccc(S(=O)(=O)Nc3cccc(C)c3)cc2)c(OC)c1. The van der Waals surface area contributed by atoms with Crippen LogP contribution in [0.3, 0.4) is 0 Å². The maximum atomic E-state index is 12.6. The van der Waals surface area contributed by atoms with Gasteiger partial charge in [-0.3, -0.25) is 9.52 Å². The van der Waals surface area contributed by atoms with Gasteiger partial charge in [-0.25, -0.2) is 8.42 Å². The number of anilines is 2. The van der Waals surface area contributed by atoms with Crippen molar-refractivity contribution in [3.05, 3.63) is 72.3 Å². The number of hydrogen-bond acceptors (Lipinski definition) is 6. The minimum absolute atomic E-state index is 0.0822. The summed E-state index contributed by atoms with van der Waals surface area (Å²) in [5.41, 5.74) is 1.90. The van der Waals surface area contributed by atoms with Gasteiger partial charge >= 0.3 is 0 Å². The van der Waals surface area contributed by atoms with E-state index in [-0.39, 0.29) is 11.5 Å². The molecule has 9 heteroatoms. The summed E-state index contributed by atoms with van der Waals surface area (Å²) in [6, 6.07) is 17.9. The fourth-order valence-electron chi connectivity index (χ4n) is 2.87. The van der Waals surface area contributed by atoms with Gasteiger partial charge in [-0.2, -0.15) is 0 Å². The minimum atomic E-state index is -3.74. The predicted octanol–water partition coefficient (Wildman–Crippen LogP) is 3.83. The first-order valence-electron chi connectivity index (χ1n) is 9.65. The molecule has 2 N–H and O–H groups in total. The number of rotatable bonds is 9. The molecule has 0 aromatic heterocycles. The number of hydrogen-bond donors (Lipinski definition) is 2. The van der Waals surface area contributed by atoms with Crippen molar-refractivity contribution in [2.75, 3.05) is 30.9 Å². The van der Waals surface area contributed by atoms with Crippen LogP contribution < -0.4 is 24.2 Å². The molecule has 0 unspecified atom stereocenters. The van der Waals surface area contributed by atoms with Crippen molar-refractivity contribution >= 4 is 27.3 Å². The molecular weight excluding hydrogens is 432 g/mol. The molecule has 3 rings (SSSR count). The first kappa shape index (κ1) is 23.0. The molecular formula is C23H24N2O6S. The van der Waals surface area contributed by atoms with E-state index in [1.807, 2.05) is 13.0 Å². The van der Waals surface area contributed by atoms with Crippen molar-refractivity contribution < 1.29 is 27.4 Å². The summed E-state index contributed by atoms with van der Waals surface area (Å²) in [6.45, 7) is 1.62. The lowest BCUT2D eigenvalue weighted by Gasteiger charge is -2.12.